The number of amides is 1. The highest BCUT2D eigenvalue weighted by Gasteiger charge is 2.49. The summed E-state index contributed by atoms with van der Waals surface area (Å²) in [6.07, 6.45) is 1.32. The zero-order chi connectivity index (χ0) is 19.7. The molecule has 3 heterocycles. The summed E-state index contributed by atoms with van der Waals surface area (Å²) in [5.74, 6) is -0.180. The highest BCUT2D eigenvalue weighted by molar-refractivity contribution is 8.13. The number of ether oxygens (including phenoxy) is 1. The molecular formula is C19H16FN5O2S. The zero-order valence-corrected chi connectivity index (χ0v) is 15.5. The van der Waals surface area contributed by atoms with Crippen LogP contribution in [0.3, 0.4) is 0 Å². The van der Waals surface area contributed by atoms with Crippen molar-refractivity contribution in [2.75, 3.05) is 24.3 Å². The number of thioether (sulfide) groups is 1. The SMILES string of the molecule is N#Cc1ccc(C(=O)Nc2ccc(F)c([C@@]34COC[C@H]3CSC(N)=N4)c2)nc1. The third kappa shape index (κ3) is 3.21. The molecule has 0 aliphatic carbocycles. The highest BCUT2D eigenvalue weighted by atomic mass is 32.2. The van der Waals surface area contributed by atoms with Crippen LogP contribution in [0.2, 0.25) is 0 Å². The molecule has 28 heavy (non-hydrogen) atoms. The van der Waals surface area contributed by atoms with Crippen molar-refractivity contribution in [3.05, 3.63) is 59.2 Å². The first kappa shape index (κ1) is 18.4. The van der Waals surface area contributed by atoms with Crippen LogP contribution in [0.1, 0.15) is 21.6 Å². The summed E-state index contributed by atoms with van der Waals surface area (Å²) < 4.78 is 20.3. The van der Waals surface area contributed by atoms with Gasteiger partial charge in [0, 0.05) is 29.1 Å². The second-order valence-electron chi connectivity index (χ2n) is 6.59. The van der Waals surface area contributed by atoms with E-state index in [2.05, 4.69) is 15.3 Å². The molecule has 4 rings (SSSR count). The molecule has 142 valence electrons. The molecule has 2 aromatic rings. The molecule has 0 bridgehead atoms. The largest absolute Gasteiger partial charge is 0.379 e. The number of nitriles is 1. The molecule has 9 heteroatoms. The Bertz CT molecular complexity index is 1000. The van der Waals surface area contributed by atoms with Crippen LogP contribution in [0.25, 0.3) is 0 Å². The number of aromatic nitrogens is 1. The molecule has 0 radical (unpaired) electrons. The van der Waals surface area contributed by atoms with Crippen LogP contribution in [0.4, 0.5) is 10.1 Å². The van der Waals surface area contributed by atoms with Crippen molar-refractivity contribution in [2.45, 2.75) is 5.54 Å². The third-order valence-corrected chi connectivity index (χ3v) is 5.83. The summed E-state index contributed by atoms with van der Waals surface area (Å²) in [7, 11) is 0. The lowest BCUT2D eigenvalue weighted by molar-refractivity contribution is 0.102. The van der Waals surface area contributed by atoms with Gasteiger partial charge in [0.15, 0.2) is 5.17 Å². The van der Waals surface area contributed by atoms with Gasteiger partial charge in [0.25, 0.3) is 5.91 Å². The number of benzene rings is 1. The Hall–Kier alpha value is -2.96. The number of nitrogens with one attached hydrogen (secondary N) is 1. The third-order valence-electron chi connectivity index (χ3n) is 4.87. The summed E-state index contributed by atoms with van der Waals surface area (Å²) in [5.41, 5.74) is 6.31. The Labute approximate surface area is 164 Å². The van der Waals surface area contributed by atoms with E-state index in [1.54, 1.807) is 6.07 Å². The lowest BCUT2D eigenvalue weighted by atomic mass is 9.81. The van der Waals surface area contributed by atoms with Crippen LogP contribution in [0, 0.1) is 23.1 Å². The van der Waals surface area contributed by atoms with E-state index in [0.29, 0.717) is 34.3 Å². The van der Waals surface area contributed by atoms with E-state index >= 15 is 0 Å². The van der Waals surface area contributed by atoms with Gasteiger partial charge in [-0.2, -0.15) is 5.26 Å². The normalized spacial score (nSPS) is 23.4. The standard InChI is InChI=1S/C19H16FN5O2S/c20-15-3-2-13(24-17(26)16-4-1-11(6-21)7-23-16)5-14(15)19-10-27-8-12(19)9-28-18(22)25-19/h1-5,7,12H,8-10H2,(H2,22,25)(H,24,26)/t12-,19+/m0/s1. The molecule has 7 nitrogen and oxygen atoms in total. The van der Waals surface area contributed by atoms with Gasteiger partial charge in [-0.3, -0.25) is 4.79 Å². The molecule has 0 spiro atoms. The maximum absolute atomic E-state index is 14.7. The van der Waals surface area contributed by atoms with Crippen LogP contribution in [0.5, 0.6) is 0 Å². The van der Waals surface area contributed by atoms with E-state index in [4.69, 9.17) is 15.7 Å². The Balaban J connectivity index is 1.65. The monoisotopic (exact) mass is 397 g/mol. The van der Waals surface area contributed by atoms with Gasteiger partial charge >= 0.3 is 0 Å². The van der Waals surface area contributed by atoms with Crippen molar-refractivity contribution in [2.24, 2.45) is 16.6 Å². The second kappa shape index (κ2) is 7.22. The minimum absolute atomic E-state index is 0.00504. The van der Waals surface area contributed by atoms with Crippen LogP contribution >= 0.6 is 11.8 Å². The lowest BCUT2D eigenvalue weighted by Gasteiger charge is -2.34. The van der Waals surface area contributed by atoms with Gasteiger partial charge in [0.2, 0.25) is 0 Å². The molecule has 0 saturated carbocycles. The van der Waals surface area contributed by atoms with Crippen molar-refractivity contribution < 1.29 is 13.9 Å². The molecule has 2 atom stereocenters. The summed E-state index contributed by atoms with van der Waals surface area (Å²) in [6, 6.07) is 9.27. The van der Waals surface area contributed by atoms with Crippen molar-refractivity contribution in [3.63, 3.8) is 0 Å². The number of anilines is 1. The quantitative estimate of drug-likeness (QED) is 0.821. The smallest absolute Gasteiger partial charge is 0.274 e. The second-order valence-corrected chi connectivity index (χ2v) is 7.63. The minimum Gasteiger partial charge on any atom is -0.379 e. The first-order chi connectivity index (χ1) is 13.5. The summed E-state index contributed by atoms with van der Waals surface area (Å²) in [6.45, 7) is 0.722. The Morgan fingerprint density at radius 3 is 3.04 bits per heavy atom. The number of carbonyl (C=O) groups is 1. The number of amidine groups is 1. The zero-order valence-electron chi connectivity index (χ0n) is 14.7. The van der Waals surface area contributed by atoms with Gasteiger partial charge in [-0.05, 0) is 30.3 Å². The number of hydrogen-bond donors (Lipinski definition) is 2. The highest BCUT2D eigenvalue weighted by Crippen LogP contribution is 2.45. The number of fused-ring (bicyclic) bond motifs is 1. The molecule has 1 aromatic carbocycles. The van der Waals surface area contributed by atoms with E-state index in [-0.39, 0.29) is 18.2 Å². The van der Waals surface area contributed by atoms with Gasteiger partial charge in [-0.15, -0.1) is 0 Å². The van der Waals surface area contributed by atoms with Crippen LogP contribution < -0.4 is 11.1 Å². The lowest BCUT2D eigenvalue weighted by Crippen LogP contribution is -2.40. The van der Waals surface area contributed by atoms with Crippen molar-refractivity contribution in [1.29, 1.82) is 5.26 Å². The maximum Gasteiger partial charge on any atom is 0.274 e. The molecule has 1 fully saturated rings. The first-order valence-corrected chi connectivity index (χ1v) is 9.54. The summed E-state index contributed by atoms with van der Waals surface area (Å²) in [5, 5.41) is 11.9. The summed E-state index contributed by atoms with van der Waals surface area (Å²) >= 11 is 1.43. The maximum atomic E-state index is 14.7. The van der Waals surface area contributed by atoms with Crippen molar-refractivity contribution in [1.82, 2.24) is 4.98 Å². The van der Waals surface area contributed by atoms with E-state index in [0.717, 1.165) is 0 Å². The van der Waals surface area contributed by atoms with Gasteiger partial charge in [-0.25, -0.2) is 14.4 Å². The molecule has 1 aromatic heterocycles. The van der Waals surface area contributed by atoms with Crippen LogP contribution in [-0.4, -0.2) is 35.0 Å². The van der Waals surface area contributed by atoms with Gasteiger partial charge in [-0.1, -0.05) is 11.8 Å². The number of halogens is 1. The Kier molecular flexibility index (Phi) is 4.75. The van der Waals surface area contributed by atoms with Crippen LogP contribution in [-0.2, 0) is 10.3 Å². The van der Waals surface area contributed by atoms with Gasteiger partial charge in [0.1, 0.15) is 23.1 Å². The molecule has 1 amide bonds. The number of carbonyl (C=O) groups excluding carboxylic acids is 1. The molecule has 0 unspecified atom stereocenters. The average Bonchev–Trinajstić information content (AvgIpc) is 3.13. The first-order valence-electron chi connectivity index (χ1n) is 8.55. The molecule has 2 aliphatic rings. The number of rotatable bonds is 3. The number of nitrogens with two attached hydrogens (primary N) is 1. The van der Waals surface area contributed by atoms with E-state index in [1.807, 2.05) is 6.07 Å². The van der Waals surface area contributed by atoms with E-state index in [1.165, 1.54) is 42.2 Å². The topological polar surface area (TPSA) is 113 Å². The number of hydrogen-bond acceptors (Lipinski definition) is 7. The van der Waals surface area contributed by atoms with Gasteiger partial charge < -0.3 is 15.8 Å². The molecule has 2 aliphatic heterocycles. The fourth-order valence-corrected chi connectivity index (χ4v) is 4.39. The predicted molar refractivity (Wildman–Crippen MR) is 103 cm³/mol. The average molecular weight is 397 g/mol. The van der Waals surface area contributed by atoms with Crippen molar-refractivity contribution in [3.8, 4) is 6.07 Å². The fourth-order valence-electron chi connectivity index (χ4n) is 3.42. The minimum atomic E-state index is -0.882. The van der Waals surface area contributed by atoms with Crippen molar-refractivity contribution >= 4 is 28.5 Å². The van der Waals surface area contributed by atoms with Gasteiger partial charge in [0.05, 0.1) is 18.8 Å². The number of nitrogens with zero attached hydrogens (tertiary/aromatic N) is 3. The summed E-state index contributed by atoms with van der Waals surface area (Å²) in [4.78, 5) is 20.9. The number of aliphatic imine (C=N–C) groups is 1. The molecule has 3 N–H and O–H groups in total. The van der Waals surface area contributed by atoms with E-state index < -0.39 is 17.3 Å². The Morgan fingerprint density at radius 1 is 1.43 bits per heavy atom. The van der Waals surface area contributed by atoms with Crippen LogP contribution in [0.15, 0.2) is 41.5 Å². The number of pyridine rings is 1. The van der Waals surface area contributed by atoms with E-state index in [9.17, 15) is 9.18 Å². The fraction of sp³-hybridized carbons (Fsp3) is 0.263. The molecular weight excluding hydrogens is 381 g/mol. The molecule has 1 saturated heterocycles. The Morgan fingerprint density at radius 2 is 2.29 bits per heavy atom. The predicted octanol–water partition coefficient (Wildman–Crippen LogP) is 2.25.